The zero-order valence-electron chi connectivity index (χ0n) is 14.3. The van der Waals surface area contributed by atoms with Crippen molar-refractivity contribution in [1.29, 1.82) is 0 Å². The van der Waals surface area contributed by atoms with Crippen LogP contribution >= 0.6 is 0 Å². The molecule has 3 saturated carbocycles. The standard InChI is InChI=1S/C19H27N3O/c1-18-9-7-13(23)11-12(18)3-4-14-15-5-6-17(21-22-20)19(15,2)10-8-16(14)18/h11,14-17H,3-10H2,1-2H3/t14-,15-,16-,17-,18-,19-/m0/s1. The molecule has 0 aromatic heterocycles. The summed E-state index contributed by atoms with van der Waals surface area (Å²) in [6.45, 7) is 4.79. The minimum Gasteiger partial charge on any atom is -0.295 e. The first-order valence-electron chi connectivity index (χ1n) is 9.27. The Labute approximate surface area is 138 Å². The van der Waals surface area contributed by atoms with E-state index in [1.165, 1.54) is 31.3 Å². The van der Waals surface area contributed by atoms with Crippen molar-refractivity contribution >= 4 is 5.78 Å². The minimum absolute atomic E-state index is 0.191. The number of rotatable bonds is 1. The number of nitrogens with zero attached hydrogens (tertiary/aromatic N) is 3. The van der Waals surface area contributed by atoms with Crippen LogP contribution in [0.2, 0.25) is 0 Å². The molecule has 3 fully saturated rings. The molecule has 0 aromatic carbocycles. The number of hydrogen-bond donors (Lipinski definition) is 0. The molecular weight excluding hydrogens is 286 g/mol. The maximum absolute atomic E-state index is 11.8. The number of carbonyl (C=O) groups excluding carboxylic acids is 1. The number of ketones is 1. The molecule has 0 unspecified atom stereocenters. The molecule has 4 heteroatoms. The molecule has 0 aliphatic heterocycles. The predicted octanol–water partition coefficient (Wildman–Crippen LogP) is 5.20. The smallest absolute Gasteiger partial charge is 0.155 e. The van der Waals surface area contributed by atoms with Gasteiger partial charge in [-0.15, -0.1) is 0 Å². The van der Waals surface area contributed by atoms with Crippen LogP contribution in [-0.4, -0.2) is 11.8 Å². The van der Waals surface area contributed by atoms with Crippen LogP contribution in [0.4, 0.5) is 0 Å². The van der Waals surface area contributed by atoms with E-state index in [9.17, 15) is 4.79 Å². The molecule has 0 aromatic rings. The topological polar surface area (TPSA) is 65.8 Å². The molecular formula is C19H27N3O. The first-order chi connectivity index (χ1) is 11.0. The highest BCUT2D eigenvalue weighted by Crippen LogP contribution is 2.65. The fourth-order valence-electron chi connectivity index (χ4n) is 6.78. The van der Waals surface area contributed by atoms with Crippen LogP contribution in [0.3, 0.4) is 0 Å². The van der Waals surface area contributed by atoms with Gasteiger partial charge in [-0.3, -0.25) is 4.79 Å². The SMILES string of the molecule is C[C@]12CC[C@H]3[C@@H](CCC4=CC(=O)CC[C@@]43C)[C@@H]1CC[C@@H]2N=[N+]=[N-]. The van der Waals surface area contributed by atoms with E-state index in [0.717, 1.165) is 37.5 Å². The molecule has 6 atom stereocenters. The molecule has 23 heavy (non-hydrogen) atoms. The third-order valence-corrected chi connectivity index (χ3v) is 8.10. The third-order valence-electron chi connectivity index (χ3n) is 8.10. The highest BCUT2D eigenvalue weighted by Gasteiger charge is 2.58. The van der Waals surface area contributed by atoms with Crippen molar-refractivity contribution in [2.24, 2.45) is 33.7 Å². The van der Waals surface area contributed by atoms with Crippen molar-refractivity contribution in [2.45, 2.75) is 71.3 Å². The van der Waals surface area contributed by atoms with Gasteiger partial charge in [0, 0.05) is 17.4 Å². The van der Waals surface area contributed by atoms with Crippen molar-refractivity contribution < 1.29 is 4.79 Å². The lowest BCUT2D eigenvalue weighted by atomic mass is 9.47. The molecule has 4 aliphatic carbocycles. The second-order valence-electron chi connectivity index (χ2n) is 8.81. The van der Waals surface area contributed by atoms with Gasteiger partial charge < -0.3 is 0 Å². The Balaban J connectivity index is 1.67. The molecule has 0 heterocycles. The molecule has 4 nitrogen and oxygen atoms in total. The van der Waals surface area contributed by atoms with Gasteiger partial charge in [0.25, 0.3) is 0 Å². The normalized spacial score (nSPS) is 48.6. The van der Waals surface area contributed by atoms with Gasteiger partial charge in [0.15, 0.2) is 5.78 Å². The number of hydrogen-bond acceptors (Lipinski definition) is 2. The van der Waals surface area contributed by atoms with E-state index in [1.54, 1.807) is 0 Å². The molecule has 0 spiro atoms. The molecule has 0 amide bonds. The summed E-state index contributed by atoms with van der Waals surface area (Å²) < 4.78 is 0. The Bertz CT molecular complexity index is 620. The predicted molar refractivity (Wildman–Crippen MR) is 89.6 cm³/mol. The number of carbonyl (C=O) groups is 1. The number of fused-ring (bicyclic) bond motifs is 5. The zero-order chi connectivity index (χ0) is 16.2. The highest BCUT2D eigenvalue weighted by atomic mass is 16.1. The van der Waals surface area contributed by atoms with Crippen LogP contribution in [0.5, 0.6) is 0 Å². The summed E-state index contributed by atoms with van der Waals surface area (Å²) in [5, 5.41) is 4.15. The molecule has 4 rings (SSSR count). The highest BCUT2D eigenvalue weighted by molar-refractivity contribution is 5.91. The van der Waals surface area contributed by atoms with Gasteiger partial charge in [0.2, 0.25) is 0 Å². The molecule has 0 bridgehead atoms. The summed E-state index contributed by atoms with van der Waals surface area (Å²) in [4.78, 5) is 15.0. The minimum atomic E-state index is 0.191. The van der Waals surface area contributed by atoms with E-state index < -0.39 is 0 Å². The van der Waals surface area contributed by atoms with Crippen LogP contribution in [0, 0.1) is 28.6 Å². The van der Waals surface area contributed by atoms with Crippen molar-refractivity contribution in [3.8, 4) is 0 Å². The molecule has 0 saturated heterocycles. The Morgan fingerprint density at radius 1 is 1.13 bits per heavy atom. The van der Waals surface area contributed by atoms with Crippen LogP contribution in [0.25, 0.3) is 10.4 Å². The zero-order valence-corrected chi connectivity index (χ0v) is 14.3. The first-order valence-corrected chi connectivity index (χ1v) is 9.27. The van der Waals surface area contributed by atoms with Crippen LogP contribution < -0.4 is 0 Å². The molecule has 4 aliphatic rings. The van der Waals surface area contributed by atoms with Crippen LogP contribution in [0.15, 0.2) is 16.8 Å². The fraction of sp³-hybridized carbons (Fsp3) is 0.842. The summed E-state index contributed by atoms with van der Waals surface area (Å²) in [6.07, 6.45) is 10.8. The van der Waals surface area contributed by atoms with Gasteiger partial charge in [0.05, 0.1) is 0 Å². The van der Waals surface area contributed by atoms with Crippen molar-refractivity contribution in [1.82, 2.24) is 0 Å². The summed E-state index contributed by atoms with van der Waals surface area (Å²) in [5.74, 6) is 2.51. The van der Waals surface area contributed by atoms with E-state index in [1.807, 2.05) is 6.08 Å². The summed E-state index contributed by atoms with van der Waals surface area (Å²) in [6, 6.07) is 0.191. The first kappa shape index (κ1) is 15.3. The van der Waals surface area contributed by atoms with E-state index >= 15 is 0 Å². The summed E-state index contributed by atoms with van der Waals surface area (Å²) >= 11 is 0. The van der Waals surface area contributed by atoms with Gasteiger partial charge in [-0.1, -0.05) is 24.5 Å². The average molecular weight is 313 g/mol. The lowest BCUT2D eigenvalue weighted by Crippen LogP contribution is -2.51. The average Bonchev–Trinajstić information content (AvgIpc) is 2.85. The molecule has 0 radical (unpaired) electrons. The number of azide groups is 1. The summed E-state index contributed by atoms with van der Waals surface area (Å²) in [7, 11) is 0. The van der Waals surface area contributed by atoms with Crippen molar-refractivity contribution in [2.75, 3.05) is 0 Å². The van der Waals surface area contributed by atoms with Gasteiger partial charge in [0.1, 0.15) is 0 Å². The van der Waals surface area contributed by atoms with Gasteiger partial charge in [-0.05, 0) is 85.1 Å². The quantitative estimate of drug-likeness (QED) is 0.373. The summed E-state index contributed by atoms with van der Waals surface area (Å²) in [5.41, 5.74) is 10.8. The van der Waals surface area contributed by atoms with Crippen molar-refractivity contribution in [3.63, 3.8) is 0 Å². The lowest BCUT2D eigenvalue weighted by molar-refractivity contribution is -0.117. The molecule has 0 N–H and O–H groups in total. The third kappa shape index (κ3) is 2.04. The Morgan fingerprint density at radius 2 is 1.96 bits per heavy atom. The second-order valence-corrected chi connectivity index (χ2v) is 8.81. The maximum Gasteiger partial charge on any atom is 0.155 e. The van der Waals surface area contributed by atoms with Gasteiger partial charge >= 0.3 is 0 Å². The largest absolute Gasteiger partial charge is 0.295 e. The van der Waals surface area contributed by atoms with E-state index in [4.69, 9.17) is 5.53 Å². The fourth-order valence-corrected chi connectivity index (χ4v) is 6.78. The van der Waals surface area contributed by atoms with Crippen molar-refractivity contribution in [3.05, 3.63) is 22.1 Å². The Morgan fingerprint density at radius 3 is 2.74 bits per heavy atom. The lowest BCUT2D eigenvalue weighted by Gasteiger charge is -2.57. The van der Waals surface area contributed by atoms with Gasteiger partial charge in [-0.2, -0.15) is 0 Å². The molecule has 124 valence electrons. The second kappa shape index (κ2) is 5.11. The van der Waals surface area contributed by atoms with Crippen LogP contribution in [-0.2, 0) is 4.79 Å². The Kier molecular flexibility index (Phi) is 3.39. The maximum atomic E-state index is 11.8. The Hall–Kier alpha value is -1.28. The van der Waals surface area contributed by atoms with E-state index in [0.29, 0.717) is 11.7 Å². The van der Waals surface area contributed by atoms with E-state index in [2.05, 4.69) is 23.9 Å². The van der Waals surface area contributed by atoms with E-state index in [-0.39, 0.29) is 16.9 Å². The monoisotopic (exact) mass is 313 g/mol. The van der Waals surface area contributed by atoms with Gasteiger partial charge in [-0.25, -0.2) is 0 Å². The number of allylic oxidation sites excluding steroid dienone is 1. The van der Waals surface area contributed by atoms with Crippen LogP contribution in [0.1, 0.15) is 65.2 Å².